The fourth-order valence-electron chi connectivity index (χ4n) is 4.71. The van der Waals surface area contributed by atoms with Crippen LogP contribution in [0, 0.1) is 5.92 Å². The van der Waals surface area contributed by atoms with E-state index in [0.717, 1.165) is 80.9 Å². The molecule has 2 N–H and O–H groups in total. The largest absolute Gasteiger partial charge is 0.355 e. The highest BCUT2D eigenvalue weighted by Gasteiger charge is 2.27. The van der Waals surface area contributed by atoms with E-state index in [2.05, 4.69) is 40.9 Å². The first-order chi connectivity index (χ1) is 15.0. The lowest BCUT2D eigenvalue weighted by atomic mass is 9.89. The molecule has 2 unspecified atom stereocenters. The van der Waals surface area contributed by atoms with Crippen molar-refractivity contribution in [1.29, 1.82) is 0 Å². The predicted molar refractivity (Wildman–Crippen MR) is 126 cm³/mol. The highest BCUT2D eigenvalue weighted by Crippen LogP contribution is 2.36. The zero-order valence-corrected chi connectivity index (χ0v) is 19.8. The van der Waals surface area contributed by atoms with Crippen LogP contribution in [0.3, 0.4) is 0 Å². The zero-order valence-electron chi connectivity index (χ0n) is 19.0. The second-order valence-corrected chi connectivity index (χ2v) is 10.3. The molecule has 170 valence electrons. The summed E-state index contributed by atoms with van der Waals surface area (Å²) in [7, 11) is 0. The molecular weight excluding hydrogens is 410 g/mol. The Morgan fingerprint density at radius 2 is 2.10 bits per heavy atom. The second kappa shape index (κ2) is 9.79. The van der Waals surface area contributed by atoms with Crippen LogP contribution in [-0.4, -0.2) is 64.9 Å². The lowest BCUT2D eigenvalue weighted by molar-refractivity contribution is -0.122. The summed E-state index contributed by atoms with van der Waals surface area (Å²) in [5.41, 5.74) is 1.25. The minimum Gasteiger partial charge on any atom is -0.355 e. The van der Waals surface area contributed by atoms with Crippen molar-refractivity contribution in [3.8, 4) is 0 Å². The van der Waals surface area contributed by atoms with Crippen molar-refractivity contribution in [3.05, 3.63) is 26.6 Å². The average Bonchev–Trinajstić information content (AvgIpc) is 3.11. The fourth-order valence-corrected chi connectivity index (χ4v) is 6.10. The minimum absolute atomic E-state index is 0.0151. The van der Waals surface area contributed by atoms with Gasteiger partial charge >= 0.3 is 0 Å². The molecule has 2 aliphatic rings. The van der Waals surface area contributed by atoms with Crippen LogP contribution in [0.2, 0.25) is 0 Å². The van der Waals surface area contributed by atoms with E-state index in [1.165, 1.54) is 10.4 Å². The second-order valence-electron chi connectivity index (χ2n) is 9.17. The van der Waals surface area contributed by atoms with Gasteiger partial charge in [0.1, 0.15) is 10.7 Å². The summed E-state index contributed by atoms with van der Waals surface area (Å²) in [6.45, 7) is 11.2. The van der Waals surface area contributed by atoms with Gasteiger partial charge in [-0.3, -0.25) is 19.4 Å². The predicted octanol–water partition coefficient (Wildman–Crippen LogP) is 2.70. The Morgan fingerprint density at radius 3 is 2.84 bits per heavy atom. The number of thiophene rings is 1. The third-order valence-electron chi connectivity index (χ3n) is 6.75. The van der Waals surface area contributed by atoms with E-state index in [0.29, 0.717) is 12.5 Å². The minimum atomic E-state index is 0.0151. The van der Waals surface area contributed by atoms with E-state index >= 15 is 0 Å². The van der Waals surface area contributed by atoms with Crippen molar-refractivity contribution in [2.75, 3.05) is 39.3 Å². The summed E-state index contributed by atoms with van der Waals surface area (Å²) >= 11 is 1.71. The van der Waals surface area contributed by atoms with E-state index in [4.69, 9.17) is 4.98 Å². The quantitative estimate of drug-likeness (QED) is 0.641. The molecule has 2 aromatic rings. The van der Waals surface area contributed by atoms with Crippen LogP contribution in [0.1, 0.15) is 62.3 Å². The summed E-state index contributed by atoms with van der Waals surface area (Å²) in [6.07, 6.45) is 5.32. The zero-order chi connectivity index (χ0) is 22.0. The summed E-state index contributed by atoms with van der Waals surface area (Å²) < 4.78 is 0. The summed E-state index contributed by atoms with van der Waals surface area (Å²) in [6, 6.07) is 0.0516. The fraction of sp³-hybridized carbons (Fsp3) is 0.696. The summed E-state index contributed by atoms with van der Waals surface area (Å²) in [5, 5.41) is 3.82. The highest BCUT2D eigenvalue weighted by molar-refractivity contribution is 7.18. The molecule has 3 heterocycles. The Morgan fingerprint density at radius 1 is 1.32 bits per heavy atom. The van der Waals surface area contributed by atoms with Crippen molar-refractivity contribution >= 4 is 27.5 Å². The number of H-pyrrole nitrogens is 1. The maximum absolute atomic E-state index is 12.9. The molecule has 0 bridgehead atoms. The van der Waals surface area contributed by atoms with E-state index < -0.39 is 0 Å². The topological polar surface area (TPSA) is 81.3 Å². The molecule has 0 radical (unpaired) electrons. The Bertz CT molecular complexity index is 976. The molecule has 8 heteroatoms. The number of piperazine rings is 1. The smallest absolute Gasteiger partial charge is 0.259 e. The maximum Gasteiger partial charge on any atom is 0.259 e. The molecule has 7 nitrogen and oxygen atoms in total. The van der Waals surface area contributed by atoms with Gasteiger partial charge in [0, 0.05) is 37.6 Å². The SMILES string of the molecule is CCCCNC(=O)CN1CCN(C(C)c2nc3sc4c(c3c(=O)[nH]2)CCC(C)C4)CC1. The third-order valence-corrected chi connectivity index (χ3v) is 7.90. The number of fused-ring (bicyclic) bond motifs is 3. The van der Waals surface area contributed by atoms with Crippen molar-refractivity contribution in [1.82, 2.24) is 25.1 Å². The lowest BCUT2D eigenvalue weighted by Crippen LogP contribution is -2.50. The molecule has 4 rings (SSSR count). The van der Waals surface area contributed by atoms with Crippen LogP contribution < -0.4 is 10.9 Å². The van der Waals surface area contributed by atoms with Crippen LogP contribution in [0.4, 0.5) is 0 Å². The molecule has 1 saturated heterocycles. The number of amides is 1. The summed E-state index contributed by atoms with van der Waals surface area (Å²) in [5.74, 6) is 1.56. The highest BCUT2D eigenvalue weighted by atomic mass is 32.1. The number of aromatic nitrogens is 2. The van der Waals surface area contributed by atoms with Gasteiger partial charge in [-0.25, -0.2) is 4.98 Å². The molecule has 1 aliphatic carbocycles. The van der Waals surface area contributed by atoms with Gasteiger partial charge in [0.2, 0.25) is 5.91 Å². The first kappa shape index (κ1) is 22.4. The van der Waals surface area contributed by atoms with E-state index in [9.17, 15) is 9.59 Å². The van der Waals surface area contributed by atoms with Crippen molar-refractivity contribution < 1.29 is 4.79 Å². The molecule has 1 fully saturated rings. The molecule has 0 aromatic carbocycles. The van der Waals surface area contributed by atoms with Gasteiger partial charge in [-0.15, -0.1) is 11.3 Å². The van der Waals surface area contributed by atoms with Crippen LogP contribution in [-0.2, 0) is 17.6 Å². The Kier molecular flexibility index (Phi) is 7.08. The standard InChI is InChI=1S/C23H35N5O2S/c1-4-5-8-24-19(29)14-27-9-11-28(12-10-27)16(3)21-25-22(30)20-17-7-6-15(2)13-18(17)31-23(20)26-21/h15-16H,4-14H2,1-3H3,(H,24,29)(H,25,26,30). The Hall–Kier alpha value is -1.77. The van der Waals surface area contributed by atoms with E-state index in [-0.39, 0.29) is 17.5 Å². The number of carbonyl (C=O) groups excluding carboxylic acids is 1. The van der Waals surface area contributed by atoms with E-state index in [1.54, 1.807) is 11.3 Å². The molecule has 0 saturated carbocycles. The number of rotatable bonds is 7. The number of nitrogens with zero attached hydrogens (tertiary/aromatic N) is 3. The van der Waals surface area contributed by atoms with Crippen LogP contribution in [0.25, 0.3) is 10.2 Å². The molecule has 1 aliphatic heterocycles. The first-order valence-electron chi connectivity index (χ1n) is 11.7. The van der Waals surface area contributed by atoms with Crippen molar-refractivity contribution in [2.24, 2.45) is 5.92 Å². The van der Waals surface area contributed by atoms with Gasteiger partial charge in [-0.1, -0.05) is 20.3 Å². The number of aromatic amines is 1. The van der Waals surface area contributed by atoms with Gasteiger partial charge in [-0.2, -0.15) is 0 Å². The number of aryl methyl sites for hydroxylation is 1. The average molecular weight is 446 g/mol. The monoisotopic (exact) mass is 445 g/mol. The number of unbranched alkanes of at least 4 members (excludes halogenated alkanes) is 1. The molecule has 0 spiro atoms. The molecular formula is C23H35N5O2S. The van der Waals surface area contributed by atoms with Gasteiger partial charge < -0.3 is 10.3 Å². The molecule has 1 amide bonds. The maximum atomic E-state index is 12.9. The summed E-state index contributed by atoms with van der Waals surface area (Å²) in [4.78, 5) is 39.8. The Labute approximate surface area is 188 Å². The van der Waals surface area contributed by atoms with Gasteiger partial charge in [0.05, 0.1) is 18.0 Å². The first-order valence-corrected chi connectivity index (χ1v) is 12.6. The number of hydrogen-bond donors (Lipinski definition) is 2. The number of hydrogen-bond acceptors (Lipinski definition) is 6. The lowest BCUT2D eigenvalue weighted by Gasteiger charge is -2.37. The molecule has 2 atom stereocenters. The Balaban J connectivity index is 1.39. The normalized spacial score (nSPS) is 21.2. The molecule has 31 heavy (non-hydrogen) atoms. The van der Waals surface area contributed by atoms with Gasteiger partial charge in [0.15, 0.2) is 0 Å². The van der Waals surface area contributed by atoms with Crippen molar-refractivity contribution in [2.45, 2.75) is 58.9 Å². The van der Waals surface area contributed by atoms with Crippen molar-refractivity contribution in [3.63, 3.8) is 0 Å². The van der Waals surface area contributed by atoms with Gasteiger partial charge in [0.25, 0.3) is 5.56 Å². The number of nitrogens with one attached hydrogen (secondary N) is 2. The van der Waals surface area contributed by atoms with Crippen LogP contribution in [0.5, 0.6) is 0 Å². The number of carbonyl (C=O) groups is 1. The van der Waals surface area contributed by atoms with Crippen LogP contribution in [0.15, 0.2) is 4.79 Å². The van der Waals surface area contributed by atoms with E-state index in [1.807, 2.05) is 0 Å². The van der Waals surface area contributed by atoms with Crippen LogP contribution >= 0.6 is 11.3 Å². The van der Waals surface area contributed by atoms with Gasteiger partial charge in [-0.05, 0) is 44.1 Å². The third kappa shape index (κ3) is 5.02. The molecule has 2 aromatic heterocycles.